The van der Waals surface area contributed by atoms with Crippen LogP contribution in [0, 0.1) is 0 Å². The zero-order valence-electron chi connectivity index (χ0n) is 11.0. The minimum absolute atomic E-state index is 0.0733. The van der Waals surface area contributed by atoms with Crippen molar-refractivity contribution in [3.63, 3.8) is 0 Å². The van der Waals surface area contributed by atoms with Crippen molar-refractivity contribution in [3.8, 4) is 0 Å². The maximum Gasteiger partial charge on any atom is 0.253 e. The van der Waals surface area contributed by atoms with Crippen molar-refractivity contribution in [2.45, 2.75) is 19.4 Å². The highest BCUT2D eigenvalue weighted by molar-refractivity contribution is 7.09. The van der Waals surface area contributed by atoms with Gasteiger partial charge in [0.1, 0.15) is 0 Å². The van der Waals surface area contributed by atoms with Crippen LogP contribution in [-0.2, 0) is 6.42 Å². The Morgan fingerprint density at radius 1 is 1.47 bits per heavy atom. The fourth-order valence-corrected chi connectivity index (χ4v) is 2.71. The molecule has 0 saturated carbocycles. The number of hydrogen-bond donors (Lipinski definition) is 2. The van der Waals surface area contributed by atoms with E-state index < -0.39 is 0 Å². The highest BCUT2D eigenvalue weighted by Gasteiger charge is 2.13. The summed E-state index contributed by atoms with van der Waals surface area (Å²) in [6.07, 6.45) is 4.13. The van der Waals surface area contributed by atoms with Crippen molar-refractivity contribution in [3.05, 3.63) is 46.4 Å². The van der Waals surface area contributed by atoms with Crippen LogP contribution >= 0.6 is 11.3 Å². The van der Waals surface area contributed by atoms with Gasteiger partial charge in [-0.25, -0.2) is 0 Å². The number of aromatic nitrogens is 1. The Labute approximate surface area is 116 Å². The van der Waals surface area contributed by atoms with Crippen LogP contribution in [0.15, 0.2) is 36.0 Å². The van der Waals surface area contributed by atoms with Gasteiger partial charge in [0.15, 0.2) is 0 Å². The first-order chi connectivity index (χ1) is 9.20. The smallest absolute Gasteiger partial charge is 0.253 e. The summed E-state index contributed by atoms with van der Waals surface area (Å²) in [6.45, 7) is 2.01. The average Bonchev–Trinajstić information content (AvgIpc) is 2.91. The molecule has 1 amide bonds. The first kappa shape index (κ1) is 13.5. The summed E-state index contributed by atoms with van der Waals surface area (Å²) in [4.78, 5) is 17.5. The Kier molecular flexibility index (Phi) is 4.52. The summed E-state index contributed by atoms with van der Waals surface area (Å²) >= 11 is 1.71. The molecule has 100 valence electrons. The zero-order valence-corrected chi connectivity index (χ0v) is 11.8. The molecule has 5 heteroatoms. The fourth-order valence-electron chi connectivity index (χ4n) is 1.87. The molecular formula is C14H17N3OS. The van der Waals surface area contributed by atoms with Gasteiger partial charge >= 0.3 is 0 Å². The van der Waals surface area contributed by atoms with Crippen LogP contribution in [0.1, 0.15) is 22.2 Å². The molecule has 2 N–H and O–H groups in total. The lowest BCUT2D eigenvalue weighted by molar-refractivity contribution is 0.0941. The predicted octanol–water partition coefficient (Wildman–Crippen LogP) is 2.55. The summed E-state index contributed by atoms with van der Waals surface area (Å²) in [5, 5.41) is 8.03. The quantitative estimate of drug-likeness (QED) is 0.881. The number of nitrogens with zero attached hydrogens (tertiary/aromatic N) is 1. The molecule has 2 aromatic rings. The third-order valence-electron chi connectivity index (χ3n) is 2.80. The molecule has 0 radical (unpaired) electrons. The van der Waals surface area contributed by atoms with E-state index in [-0.39, 0.29) is 11.9 Å². The topological polar surface area (TPSA) is 54.0 Å². The molecule has 2 heterocycles. The van der Waals surface area contributed by atoms with Gasteiger partial charge in [-0.2, -0.15) is 0 Å². The zero-order chi connectivity index (χ0) is 13.7. The summed E-state index contributed by atoms with van der Waals surface area (Å²) in [7, 11) is 1.78. The minimum Gasteiger partial charge on any atom is -0.386 e. The average molecular weight is 275 g/mol. The van der Waals surface area contributed by atoms with E-state index in [4.69, 9.17) is 0 Å². The number of anilines is 1. The van der Waals surface area contributed by atoms with Crippen LogP contribution in [0.5, 0.6) is 0 Å². The molecule has 0 spiro atoms. The predicted molar refractivity (Wildman–Crippen MR) is 78.7 cm³/mol. The molecule has 1 unspecified atom stereocenters. The van der Waals surface area contributed by atoms with Crippen LogP contribution in [0.25, 0.3) is 0 Å². The number of hydrogen-bond acceptors (Lipinski definition) is 4. The second kappa shape index (κ2) is 6.33. The van der Waals surface area contributed by atoms with E-state index in [2.05, 4.69) is 21.7 Å². The normalized spacial score (nSPS) is 11.9. The Morgan fingerprint density at radius 3 is 3.00 bits per heavy atom. The third kappa shape index (κ3) is 3.54. The minimum atomic E-state index is -0.0733. The van der Waals surface area contributed by atoms with E-state index in [1.54, 1.807) is 36.8 Å². The Balaban J connectivity index is 2.00. The molecular weight excluding hydrogens is 258 g/mol. The van der Waals surface area contributed by atoms with Gasteiger partial charge in [-0.1, -0.05) is 6.07 Å². The molecule has 19 heavy (non-hydrogen) atoms. The van der Waals surface area contributed by atoms with Gasteiger partial charge in [0.25, 0.3) is 5.91 Å². The summed E-state index contributed by atoms with van der Waals surface area (Å²) in [5.41, 5.74) is 1.36. The summed E-state index contributed by atoms with van der Waals surface area (Å²) < 4.78 is 0. The molecule has 0 aliphatic carbocycles. The number of rotatable bonds is 5. The van der Waals surface area contributed by atoms with Crippen molar-refractivity contribution in [2.75, 3.05) is 12.4 Å². The van der Waals surface area contributed by atoms with Gasteiger partial charge in [0, 0.05) is 30.6 Å². The van der Waals surface area contributed by atoms with Gasteiger partial charge < -0.3 is 10.6 Å². The van der Waals surface area contributed by atoms with E-state index >= 15 is 0 Å². The maximum absolute atomic E-state index is 12.2. The van der Waals surface area contributed by atoms with Crippen molar-refractivity contribution in [1.29, 1.82) is 0 Å². The number of nitrogens with one attached hydrogen (secondary N) is 2. The van der Waals surface area contributed by atoms with Gasteiger partial charge in [-0.3, -0.25) is 9.78 Å². The number of amides is 1. The number of carbonyl (C=O) groups excluding carboxylic acids is 1. The van der Waals surface area contributed by atoms with Crippen LogP contribution < -0.4 is 10.6 Å². The van der Waals surface area contributed by atoms with Crippen molar-refractivity contribution >= 4 is 22.9 Å². The van der Waals surface area contributed by atoms with E-state index in [0.29, 0.717) is 5.56 Å². The molecule has 1 atom stereocenters. The second-order valence-electron chi connectivity index (χ2n) is 4.33. The molecule has 0 aliphatic rings. The maximum atomic E-state index is 12.2. The second-order valence-corrected chi connectivity index (χ2v) is 5.36. The van der Waals surface area contributed by atoms with Gasteiger partial charge in [-0.05, 0) is 24.4 Å². The van der Waals surface area contributed by atoms with Crippen LogP contribution in [0.2, 0.25) is 0 Å². The number of carbonyl (C=O) groups is 1. The van der Waals surface area contributed by atoms with Crippen molar-refractivity contribution in [1.82, 2.24) is 10.3 Å². The van der Waals surface area contributed by atoms with Gasteiger partial charge in [0.2, 0.25) is 0 Å². The number of pyridine rings is 1. The Hall–Kier alpha value is -1.88. The summed E-state index contributed by atoms with van der Waals surface area (Å²) in [6, 6.07) is 5.93. The standard InChI is InChI=1S/C14H17N3OS/c1-10(8-11-4-3-7-19-11)17-14(18)12-5-6-16-9-13(12)15-2/h3-7,9-10,15H,8H2,1-2H3,(H,17,18). The van der Waals surface area contributed by atoms with E-state index in [1.807, 2.05) is 18.4 Å². The van der Waals surface area contributed by atoms with Gasteiger partial charge in [-0.15, -0.1) is 11.3 Å². The van der Waals surface area contributed by atoms with Gasteiger partial charge in [0.05, 0.1) is 17.4 Å². The van der Waals surface area contributed by atoms with Crippen molar-refractivity contribution in [2.24, 2.45) is 0 Å². The van der Waals surface area contributed by atoms with E-state index in [0.717, 1.165) is 12.1 Å². The first-order valence-electron chi connectivity index (χ1n) is 6.15. The number of thiophene rings is 1. The molecule has 0 bridgehead atoms. The van der Waals surface area contributed by atoms with Crippen molar-refractivity contribution < 1.29 is 4.79 Å². The SMILES string of the molecule is CNc1cnccc1C(=O)NC(C)Cc1cccs1. The molecule has 0 fully saturated rings. The van der Waals surface area contributed by atoms with E-state index in [9.17, 15) is 4.79 Å². The lowest BCUT2D eigenvalue weighted by atomic mass is 10.1. The first-order valence-corrected chi connectivity index (χ1v) is 7.03. The molecule has 0 saturated heterocycles. The molecule has 0 aromatic carbocycles. The van der Waals surface area contributed by atoms with E-state index in [1.165, 1.54) is 4.88 Å². The fraction of sp³-hybridized carbons (Fsp3) is 0.286. The Morgan fingerprint density at radius 2 is 2.32 bits per heavy atom. The Bertz CT molecular complexity index is 539. The highest BCUT2D eigenvalue weighted by Crippen LogP contribution is 2.14. The molecule has 0 aliphatic heterocycles. The monoisotopic (exact) mass is 275 g/mol. The van der Waals surface area contributed by atoms with Crippen LogP contribution in [0.3, 0.4) is 0 Å². The molecule has 2 aromatic heterocycles. The third-order valence-corrected chi connectivity index (χ3v) is 3.70. The highest BCUT2D eigenvalue weighted by atomic mass is 32.1. The molecule has 2 rings (SSSR count). The lowest BCUT2D eigenvalue weighted by Crippen LogP contribution is -2.34. The lowest BCUT2D eigenvalue weighted by Gasteiger charge is -2.14. The van der Waals surface area contributed by atoms with Crippen LogP contribution in [-0.4, -0.2) is 24.0 Å². The molecule has 4 nitrogen and oxygen atoms in total. The van der Waals surface area contributed by atoms with Crippen LogP contribution in [0.4, 0.5) is 5.69 Å². The summed E-state index contributed by atoms with van der Waals surface area (Å²) in [5.74, 6) is -0.0733. The largest absolute Gasteiger partial charge is 0.386 e.